The van der Waals surface area contributed by atoms with Gasteiger partial charge in [-0.3, -0.25) is 4.40 Å². The van der Waals surface area contributed by atoms with E-state index in [-0.39, 0.29) is 5.88 Å². The fourth-order valence-corrected chi connectivity index (χ4v) is 1.04. The number of aromatic hydroxyl groups is 1. The van der Waals surface area contributed by atoms with E-state index in [1.165, 1.54) is 0 Å². The summed E-state index contributed by atoms with van der Waals surface area (Å²) in [5.41, 5.74) is 1.01. The Morgan fingerprint density at radius 1 is 1.10 bits per heavy atom. The molecule has 0 saturated carbocycles. The third kappa shape index (κ3) is 0.589. The van der Waals surface area contributed by atoms with E-state index >= 15 is 0 Å². The first-order chi connectivity index (χ1) is 4.88. The highest BCUT2D eigenvalue weighted by Crippen LogP contribution is 2.13. The van der Waals surface area contributed by atoms with Crippen molar-refractivity contribution in [1.29, 1.82) is 0 Å². The molecule has 0 saturated heterocycles. The maximum absolute atomic E-state index is 9.17. The molecule has 0 aliphatic heterocycles. The number of pyridine rings is 1. The Hall–Kier alpha value is -1.44. The van der Waals surface area contributed by atoms with Gasteiger partial charge in [0.1, 0.15) is 0 Å². The van der Waals surface area contributed by atoms with Gasteiger partial charge in [0.15, 0.2) is 5.88 Å². The molecule has 2 heteroatoms. The first-order valence-corrected chi connectivity index (χ1v) is 3.13. The van der Waals surface area contributed by atoms with E-state index in [1.807, 2.05) is 30.5 Å². The van der Waals surface area contributed by atoms with Gasteiger partial charge in [0.2, 0.25) is 0 Å². The molecule has 0 amide bonds. The SMILES string of the molecule is Oc1ccc2ccccn12. The van der Waals surface area contributed by atoms with Crippen LogP contribution in [0.3, 0.4) is 0 Å². The molecule has 0 spiro atoms. The van der Waals surface area contributed by atoms with Crippen LogP contribution in [0.15, 0.2) is 36.5 Å². The van der Waals surface area contributed by atoms with Gasteiger partial charge in [0.05, 0.1) is 0 Å². The number of rotatable bonds is 0. The van der Waals surface area contributed by atoms with E-state index in [4.69, 9.17) is 0 Å². The topological polar surface area (TPSA) is 24.6 Å². The Balaban J connectivity index is 2.93. The lowest BCUT2D eigenvalue weighted by atomic mass is 10.4. The maximum Gasteiger partial charge on any atom is 0.195 e. The Bertz CT molecular complexity index is 351. The lowest BCUT2D eigenvalue weighted by Gasteiger charge is -1.92. The fourth-order valence-electron chi connectivity index (χ4n) is 1.04. The van der Waals surface area contributed by atoms with Crippen LogP contribution in [-0.4, -0.2) is 9.51 Å². The van der Waals surface area contributed by atoms with Gasteiger partial charge in [0.25, 0.3) is 0 Å². The summed E-state index contributed by atoms with van der Waals surface area (Å²) in [5, 5.41) is 9.17. The summed E-state index contributed by atoms with van der Waals surface area (Å²) in [5.74, 6) is 0.288. The molecular formula is C8H7NO. The molecule has 10 heavy (non-hydrogen) atoms. The minimum Gasteiger partial charge on any atom is -0.494 e. The van der Waals surface area contributed by atoms with Crippen LogP contribution in [0.4, 0.5) is 0 Å². The van der Waals surface area contributed by atoms with E-state index in [2.05, 4.69) is 0 Å². The molecule has 50 valence electrons. The van der Waals surface area contributed by atoms with Crippen molar-refractivity contribution in [3.8, 4) is 5.88 Å². The quantitative estimate of drug-likeness (QED) is 0.580. The lowest BCUT2D eigenvalue weighted by Crippen LogP contribution is -1.78. The standard InChI is InChI=1S/C8H7NO/c10-8-5-4-7-3-1-2-6-9(7)8/h1-6,10H. The van der Waals surface area contributed by atoms with Crippen molar-refractivity contribution in [1.82, 2.24) is 4.40 Å². The van der Waals surface area contributed by atoms with E-state index in [9.17, 15) is 5.11 Å². The summed E-state index contributed by atoms with van der Waals surface area (Å²) < 4.78 is 1.72. The number of nitrogens with zero attached hydrogens (tertiary/aromatic N) is 1. The molecule has 0 aromatic carbocycles. The minimum absolute atomic E-state index is 0.288. The van der Waals surface area contributed by atoms with Crippen LogP contribution in [0.2, 0.25) is 0 Å². The Kier molecular flexibility index (Phi) is 0.947. The fraction of sp³-hybridized carbons (Fsp3) is 0. The zero-order valence-electron chi connectivity index (χ0n) is 5.36. The van der Waals surface area contributed by atoms with Crippen LogP contribution in [0.25, 0.3) is 5.52 Å². The lowest BCUT2D eigenvalue weighted by molar-refractivity contribution is 0.449. The monoisotopic (exact) mass is 133 g/mol. The zero-order chi connectivity index (χ0) is 6.97. The molecule has 0 radical (unpaired) electrons. The van der Waals surface area contributed by atoms with Gasteiger partial charge in [-0.25, -0.2) is 0 Å². The highest BCUT2D eigenvalue weighted by atomic mass is 16.3. The summed E-state index contributed by atoms with van der Waals surface area (Å²) in [6.07, 6.45) is 1.82. The average molecular weight is 133 g/mol. The number of hydrogen-bond donors (Lipinski definition) is 1. The molecule has 1 N–H and O–H groups in total. The second-order valence-corrected chi connectivity index (χ2v) is 2.19. The first kappa shape index (κ1) is 5.35. The van der Waals surface area contributed by atoms with E-state index < -0.39 is 0 Å². The predicted octanol–water partition coefficient (Wildman–Crippen LogP) is 1.64. The molecule has 0 bridgehead atoms. The van der Waals surface area contributed by atoms with Crippen molar-refractivity contribution in [2.24, 2.45) is 0 Å². The van der Waals surface area contributed by atoms with E-state index in [0.717, 1.165) is 5.52 Å². The Morgan fingerprint density at radius 3 is 2.80 bits per heavy atom. The van der Waals surface area contributed by atoms with Gasteiger partial charge in [-0.05, 0) is 18.2 Å². The summed E-state index contributed by atoms with van der Waals surface area (Å²) in [7, 11) is 0. The highest BCUT2D eigenvalue weighted by Gasteiger charge is 1.94. The largest absolute Gasteiger partial charge is 0.494 e. The van der Waals surface area contributed by atoms with Gasteiger partial charge < -0.3 is 5.11 Å². The highest BCUT2D eigenvalue weighted by molar-refractivity contribution is 5.50. The molecule has 2 heterocycles. The van der Waals surface area contributed by atoms with E-state index in [0.29, 0.717) is 0 Å². The summed E-state index contributed by atoms with van der Waals surface area (Å²) >= 11 is 0. The van der Waals surface area contributed by atoms with Crippen molar-refractivity contribution < 1.29 is 5.11 Å². The minimum atomic E-state index is 0.288. The molecular weight excluding hydrogens is 126 g/mol. The number of fused-ring (bicyclic) bond motifs is 1. The molecule has 2 rings (SSSR count). The average Bonchev–Trinajstić information content (AvgIpc) is 2.34. The van der Waals surface area contributed by atoms with Crippen LogP contribution in [0, 0.1) is 0 Å². The third-order valence-electron chi connectivity index (χ3n) is 1.54. The van der Waals surface area contributed by atoms with Gasteiger partial charge in [-0.1, -0.05) is 6.07 Å². The van der Waals surface area contributed by atoms with Crippen molar-refractivity contribution in [3.63, 3.8) is 0 Å². The van der Waals surface area contributed by atoms with Crippen molar-refractivity contribution in [2.75, 3.05) is 0 Å². The smallest absolute Gasteiger partial charge is 0.195 e. The third-order valence-corrected chi connectivity index (χ3v) is 1.54. The van der Waals surface area contributed by atoms with Crippen molar-refractivity contribution in [3.05, 3.63) is 36.5 Å². The van der Waals surface area contributed by atoms with Gasteiger partial charge in [0, 0.05) is 17.8 Å². The zero-order valence-corrected chi connectivity index (χ0v) is 5.36. The molecule has 2 aromatic heterocycles. The predicted molar refractivity (Wildman–Crippen MR) is 39.1 cm³/mol. The number of hydrogen-bond acceptors (Lipinski definition) is 1. The molecule has 2 aromatic rings. The second kappa shape index (κ2) is 1.77. The molecule has 0 fully saturated rings. The molecule has 0 unspecified atom stereocenters. The van der Waals surface area contributed by atoms with Gasteiger partial charge in [-0.2, -0.15) is 0 Å². The molecule has 0 atom stereocenters. The van der Waals surface area contributed by atoms with Crippen molar-refractivity contribution >= 4 is 5.52 Å². The van der Waals surface area contributed by atoms with Crippen LogP contribution < -0.4 is 0 Å². The van der Waals surface area contributed by atoms with Crippen LogP contribution in [-0.2, 0) is 0 Å². The Labute approximate surface area is 58.3 Å². The maximum atomic E-state index is 9.17. The van der Waals surface area contributed by atoms with Gasteiger partial charge >= 0.3 is 0 Å². The van der Waals surface area contributed by atoms with Crippen LogP contribution in [0.5, 0.6) is 5.88 Å². The normalized spacial score (nSPS) is 10.4. The summed E-state index contributed by atoms with van der Waals surface area (Å²) in [6, 6.07) is 9.31. The van der Waals surface area contributed by atoms with Gasteiger partial charge in [-0.15, -0.1) is 0 Å². The Morgan fingerprint density at radius 2 is 2.00 bits per heavy atom. The second-order valence-electron chi connectivity index (χ2n) is 2.19. The molecule has 0 aliphatic carbocycles. The first-order valence-electron chi connectivity index (χ1n) is 3.13. The molecule has 2 nitrogen and oxygen atoms in total. The number of aromatic nitrogens is 1. The summed E-state index contributed by atoms with van der Waals surface area (Å²) in [4.78, 5) is 0. The van der Waals surface area contributed by atoms with E-state index in [1.54, 1.807) is 10.5 Å². The van der Waals surface area contributed by atoms with Crippen molar-refractivity contribution in [2.45, 2.75) is 0 Å². The molecule has 0 aliphatic rings. The summed E-state index contributed by atoms with van der Waals surface area (Å²) in [6.45, 7) is 0. The van der Waals surface area contributed by atoms with Crippen LogP contribution >= 0.6 is 0 Å². The van der Waals surface area contributed by atoms with Crippen LogP contribution in [0.1, 0.15) is 0 Å².